The molecule has 6 N–H and O–H groups in total. The number of aliphatic hydroxyl groups is 5. The lowest BCUT2D eigenvalue weighted by Crippen LogP contribution is -2.60. The summed E-state index contributed by atoms with van der Waals surface area (Å²) in [5.74, 6) is -0.788. The quantitative estimate of drug-likeness (QED) is 0.221. The number of phenolic OH excluding ortho intramolecular Hbond substituents is 1. The zero-order chi connectivity index (χ0) is 27.6. The topological polar surface area (TPSA) is 185 Å². The number of ether oxygens (including phenoxy) is 5. The van der Waals surface area contributed by atoms with Crippen LogP contribution in [0.3, 0.4) is 0 Å². The Kier molecular flexibility index (Phi) is 8.31. The van der Waals surface area contributed by atoms with E-state index in [1.54, 1.807) is 24.3 Å². The van der Waals surface area contributed by atoms with E-state index in [0.717, 1.165) is 0 Å². The average Bonchev–Trinajstić information content (AvgIpc) is 3.18. The number of benzene rings is 2. The van der Waals surface area contributed by atoms with E-state index in [0.29, 0.717) is 11.1 Å². The molecule has 0 radical (unpaired) electrons. The number of rotatable bonds is 9. The average molecular weight is 537 g/mol. The minimum atomic E-state index is -1.82. The van der Waals surface area contributed by atoms with E-state index in [1.165, 1.54) is 26.4 Å². The van der Waals surface area contributed by atoms with Crippen LogP contribution >= 0.6 is 0 Å². The standard InChI is InChI=1S/C26H32O12/c1-34-18-9-14(3-5-16(18)28)10-26(33)15(12-36-25(26)32)7-13-4-6-17(19(8-13)35-2)37-24-23(31)22(30)21(29)20(11-27)38-24/h3-6,8-9,15,20-24,27-31,33H,7,10-12H2,1-2H3/t15?,20-,21-,22-,23-,24-,26?/m1/s1. The molecule has 12 heteroatoms. The molecule has 38 heavy (non-hydrogen) atoms. The highest BCUT2D eigenvalue weighted by atomic mass is 16.7. The van der Waals surface area contributed by atoms with Gasteiger partial charge in [0.1, 0.15) is 24.4 Å². The molecule has 12 nitrogen and oxygen atoms in total. The molecule has 0 amide bonds. The summed E-state index contributed by atoms with van der Waals surface area (Å²) >= 11 is 0. The highest BCUT2D eigenvalue weighted by Crippen LogP contribution is 2.37. The predicted octanol–water partition coefficient (Wildman–Crippen LogP) is -0.723. The van der Waals surface area contributed by atoms with Gasteiger partial charge in [-0.1, -0.05) is 12.1 Å². The van der Waals surface area contributed by atoms with Crippen molar-refractivity contribution in [3.8, 4) is 23.0 Å². The van der Waals surface area contributed by atoms with Crippen LogP contribution in [-0.2, 0) is 27.1 Å². The van der Waals surface area contributed by atoms with E-state index in [-0.39, 0.29) is 42.4 Å². The van der Waals surface area contributed by atoms with Gasteiger partial charge in [-0.15, -0.1) is 0 Å². The first-order valence-electron chi connectivity index (χ1n) is 12.0. The van der Waals surface area contributed by atoms with Crippen LogP contribution in [0.15, 0.2) is 36.4 Å². The molecule has 0 saturated carbocycles. The Morgan fingerprint density at radius 2 is 1.63 bits per heavy atom. The van der Waals surface area contributed by atoms with Gasteiger partial charge in [0, 0.05) is 12.3 Å². The van der Waals surface area contributed by atoms with Crippen LogP contribution in [0.1, 0.15) is 11.1 Å². The number of cyclic esters (lactones) is 1. The van der Waals surface area contributed by atoms with Crippen molar-refractivity contribution in [2.75, 3.05) is 27.4 Å². The van der Waals surface area contributed by atoms with E-state index in [1.807, 2.05) is 0 Å². The van der Waals surface area contributed by atoms with Crippen molar-refractivity contribution >= 4 is 5.97 Å². The van der Waals surface area contributed by atoms with Crippen LogP contribution in [-0.4, -0.2) is 100 Å². The summed E-state index contributed by atoms with van der Waals surface area (Å²) in [7, 11) is 2.80. The van der Waals surface area contributed by atoms with E-state index in [9.17, 15) is 35.4 Å². The highest BCUT2D eigenvalue weighted by Gasteiger charge is 2.51. The number of methoxy groups -OCH3 is 2. The van der Waals surface area contributed by atoms with E-state index >= 15 is 0 Å². The molecule has 2 aliphatic rings. The summed E-state index contributed by atoms with van der Waals surface area (Å²) in [5.41, 5.74) is -0.555. The van der Waals surface area contributed by atoms with E-state index in [4.69, 9.17) is 23.7 Å². The lowest BCUT2D eigenvalue weighted by Gasteiger charge is -2.39. The number of aromatic hydroxyl groups is 1. The lowest BCUT2D eigenvalue weighted by molar-refractivity contribution is -0.277. The Hall–Kier alpha value is -3.13. The number of hydrogen-bond donors (Lipinski definition) is 6. The zero-order valence-corrected chi connectivity index (χ0v) is 20.9. The fraction of sp³-hybridized carbons (Fsp3) is 0.500. The molecule has 2 aliphatic heterocycles. The summed E-state index contributed by atoms with van der Waals surface area (Å²) in [4.78, 5) is 12.6. The first-order valence-corrected chi connectivity index (χ1v) is 12.0. The van der Waals surface area contributed by atoms with Crippen molar-refractivity contribution < 1.29 is 59.1 Å². The van der Waals surface area contributed by atoms with Crippen LogP contribution in [0.5, 0.6) is 23.0 Å². The summed E-state index contributed by atoms with van der Waals surface area (Å²) in [6.07, 6.45) is -7.03. The third-order valence-corrected chi connectivity index (χ3v) is 6.96. The Bertz CT molecular complexity index is 1140. The first kappa shape index (κ1) is 27.9. The SMILES string of the molecule is COc1cc(CC2(O)C(=O)OCC2Cc2ccc(O[C@@H]3O[C@H](CO)[C@@H](O)[C@@H](O)[C@H]3O)c(OC)c2)ccc1O. The van der Waals surface area contributed by atoms with Gasteiger partial charge in [0.05, 0.1) is 27.4 Å². The van der Waals surface area contributed by atoms with Crippen molar-refractivity contribution in [1.29, 1.82) is 0 Å². The fourth-order valence-electron chi connectivity index (χ4n) is 4.70. The molecule has 0 spiro atoms. The van der Waals surface area contributed by atoms with Gasteiger partial charge in [-0.3, -0.25) is 0 Å². The molecule has 0 bridgehead atoms. The van der Waals surface area contributed by atoms with Crippen LogP contribution < -0.4 is 14.2 Å². The summed E-state index contributed by atoms with van der Waals surface area (Å²) in [6.45, 7) is -0.598. The summed E-state index contributed by atoms with van der Waals surface area (Å²) in [5, 5.41) is 60.8. The molecule has 7 atom stereocenters. The molecule has 2 saturated heterocycles. The second kappa shape index (κ2) is 11.3. The Morgan fingerprint density at radius 1 is 0.947 bits per heavy atom. The molecule has 2 aromatic rings. The number of aliphatic hydroxyl groups excluding tert-OH is 4. The minimum Gasteiger partial charge on any atom is -0.504 e. The number of hydrogen-bond acceptors (Lipinski definition) is 12. The minimum absolute atomic E-state index is 0.00398. The second-order valence-corrected chi connectivity index (χ2v) is 9.41. The van der Waals surface area contributed by atoms with Crippen molar-refractivity contribution in [3.63, 3.8) is 0 Å². The first-order chi connectivity index (χ1) is 18.1. The predicted molar refractivity (Wildman–Crippen MR) is 129 cm³/mol. The molecule has 4 rings (SSSR count). The second-order valence-electron chi connectivity index (χ2n) is 9.41. The van der Waals surface area contributed by atoms with Gasteiger partial charge in [-0.2, -0.15) is 0 Å². The van der Waals surface area contributed by atoms with Crippen molar-refractivity contribution in [2.24, 2.45) is 5.92 Å². The number of carbonyl (C=O) groups excluding carboxylic acids is 1. The van der Waals surface area contributed by atoms with Crippen LogP contribution in [0, 0.1) is 5.92 Å². The molecular formula is C26H32O12. The van der Waals surface area contributed by atoms with Gasteiger partial charge in [-0.25, -0.2) is 4.79 Å². The fourth-order valence-corrected chi connectivity index (χ4v) is 4.70. The molecule has 2 heterocycles. The Labute approximate surface area is 218 Å². The maximum atomic E-state index is 12.6. The van der Waals surface area contributed by atoms with Crippen LogP contribution in [0.4, 0.5) is 0 Å². The normalized spacial score (nSPS) is 31.1. The van der Waals surface area contributed by atoms with Crippen molar-refractivity contribution in [3.05, 3.63) is 47.5 Å². The van der Waals surface area contributed by atoms with Crippen molar-refractivity contribution in [1.82, 2.24) is 0 Å². The van der Waals surface area contributed by atoms with E-state index in [2.05, 4.69) is 0 Å². The van der Waals surface area contributed by atoms with Crippen LogP contribution in [0.2, 0.25) is 0 Å². The monoisotopic (exact) mass is 536 g/mol. The number of phenols is 1. The largest absolute Gasteiger partial charge is 0.504 e. The zero-order valence-electron chi connectivity index (χ0n) is 20.9. The van der Waals surface area contributed by atoms with Gasteiger partial charge in [-0.05, 0) is 41.8 Å². The third-order valence-electron chi connectivity index (χ3n) is 6.96. The molecule has 2 aromatic carbocycles. The van der Waals surface area contributed by atoms with Gasteiger partial charge in [0.25, 0.3) is 0 Å². The van der Waals surface area contributed by atoms with Gasteiger partial charge in [0.2, 0.25) is 6.29 Å². The number of carbonyl (C=O) groups is 1. The third kappa shape index (κ3) is 5.37. The van der Waals surface area contributed by atoms with Gasteiger partial charge in [0.15, 0.2) is 28.6 Å². The molecule has 2 unspecified atom stereocenters. The molecule has 0 aliphatic carbocycles. The molecule has 208 valence electrons. The number of esters is 1. The smallest absolute Gasteiger partial charge is 0.338 e. The Balaban J connectivity index is 1.51. The Morgan fingerprint density at radius 3 is 2.32 bits per heavy atom. The molecule has 0 aromatic heterocycles. The maximum Gasteiger partial charge on any atom is 0.338 e. The maximum absolute atomic E-state index is 12.6. The van der Waals surface area contributed by atoms with Crippen molar-refractivity contribution in [2.45, 2.75) is 49.1 Å². The van der Waals surface area contributed by atoms with Crippen LogP contribution in [0.25, 0.3) is 0 Å². The van der Waals surface area contributed by atoms with E-state index < -0.39 is 54.8 Å². The lowest BCUT2D eigenvalue weighted by atomic mass is 9.81. The van der Waals surface area contributed by atoms with Gasteiger partial charge < -0.3 is 54.3 Å². The summed E-state index contributed by atoms with van der Waals surface area (Å²) < 4.78 is 26.8. The summed E-state index contributed by atoms with van der Waals surface area (Å²) in [6, 6.07) is 9.40. The van der Waals surface area contributed by atoms with Gasteiger partial charge >= 0.3 is 5.97 Å². The highest BCUT2D eigenvalue weighted by molar-refractivity contribution is 5.82. The molecule has 2 fully saturated rings. The molecular weight excluding hydrogens is 504 g/mol.